The zero-order chi connectivity index (χ0) is 9.43. The highest BCUT2D eigenvalue weighted by Gasteiger charge is 2.56. The van der Waals surface area contributed by atoms with Gasteiger partial charge in [0.1, 0.15) is 5.69 Å². The summed E-state index contributed by atoms with van der Waals surface area (Å²) in [6.45, 7) is 2.22. The SMILES string of the molecule is C(#C[C@@]12CNCC1C2)c1ccccn1. The third-order valence-electron chi connectivity index (χ3n) is 3.17. The first-order valence-corrected chi connectivity index (χ1v) is 5.04. The van der Waals surface area contributed by atoms with Crippen molar-refractivity contribution in [2.75, 3.05) is 13.1 Å². The molecule has 14 heavy (non-hydrogen) atoms. The molecule has 0 aromatic carbocycles. The fraction of sp³-hybridized carbons (Fsp3) is 0.417. The van der Waals surface area contributed by atoms with Crippen LogP contribution in [0.2, 0.25) is 0 Å². The third-order valence-corrected chi connectivity index (χ3v) is 3.17. The van der Waals surface area contributed by atoms with Crippen LogP contribution in [0.3, 0.4) is 0 Å². The van der Waals surface area contributed by atoms with E-state index in [1.165, 1.54) is 6.42 Å². The van der Waals surface area contributed by atoms with Gasteiger partial charge in [-0.05, 0) is 36.9 Å². The average molecular weight is 184 g/mol. The minimum atomic E-state index is 0.303. The molecule has 2 atom stereocenters. The molecule has 1 N–H and O–H groups in total. The van der Waals surface area contributed by atoms with E-state index >= 15 is 0 Å². The minimum absolute atomic E-state index is 0.303. The summed E-state index contributed by atoms with van der Waals surface area (Å²) in [7, 11) is 0. The van der Waals surface area contributed by atoms with Gasteiger partial charge in [-0.2, -0.15) is 0 Å². The Hall–Kier alpha value is -1.33. The minimum Gasteiger partial charge on any atom is -0.315 e. The zero-order valence-electron chi connectivity index (χ0n) is 7.96. The van der Waals surface area contributed by atoms with Gasteiger partial charge in [0.2, 0.25) is 0 Å². The van der Waals surface area contributed by atoms with Gasteiger partial charge in [-0.25, -0.2) is 4.98 Å². The van der Waals surface area contributed by atoms with E-state index in [0.717, 1.165) is 24.7 Å². The maximum atomic E-state index is 4.20. The molecular weight excluding hydrogens is 172 g/mol. The van der Waals surface area contributed by atoms with E-state index in [4.69, 9.17) is 0 Å². The van der Waals surface area contributed by atoms with Crippen LogP contribution in [0, 0.1) is 23.2 Å². The van der Waals surface area contributed by atoms with Gasteiger partial charge in [0.15, 0.2) is 0 Å². The highest BCUT2D eigenvalue weighted by molar-refractivity contribution is 5.35. The molecule has 1 saturated carbocycles. The number of fused-ring (bicyclic) bond motifs is 1. The van der Waals surface area contributed by atoms with Crippen molar-refractivity contribution in [2.24, 2.45) is 11.3 Å². The summed E-state index contributed by atoms with van der Waals surface area (Å²) in [5.41, 5.74) is 1.19. The molecule has 0 bridgehead atoms. The Bertz CT molecular complexity index is 401. The highest BCUT2D eigenvalue weighted by Crippen LogP contribution is 2.54. The Kier molecular flexibility index (Phi) is 1.62. The fourth-order valence-electron chi connectivity index (χ4n) is 2.16. The first-order valence-electron chi connectivity index (χ1n) is 5.04. The molecule has 2 fully saturated rings. The molecule has 2 heteroatoms. The second-order valence-corrected chi connectivity index (χ2v) is 4.15. The fourth-order valence-corrected chi connectivity index (χ4v) is 2.16. The number of pyridine rings is 1. The molecule has 1 aromatic heterocycles. The molecule has 0 amide bonds. The van der Waals surface area contributed by atoms with Crippen LogP contribution in [0.15, 0.2) is 24.4 Å². The van der Waals surface area contributed by atoms with Crippen LogP contribution < -0.4 is 5.32 Å². The smallest absolute Gasteiger partial charge is 0.113 e. The number of rotatable bonds is 0. The van der Waals surface area contributed by atoms with E-state index in [-0.39, 0.29) is 0 Å². The van der Waals surface area contributed by atoms with Crippen molar-refractivity contribution in [3.8, 4) is 11.8 Å². The summed E-state index contributed by atoms with van der Waals surface area (Å²) < 4.78 is 0. The van der Waals surface area contributed by atoms with Crippen molar-refractivity contribution in [2.45, 2.75) is 6.42 Å². The van der Waals surface area contributed by atoms with Crippen molar-refractivity contribution in [3.63, 3.8) is 0 Å². The average Bonchev–Trinajstić information content (AvgIpc) is 2.80. The predicted octanol–water partition coefficient (Wildman–Crippen LogP) is 1.04. The lowest BCUT2D eigenvalue weighted by molar-refractivity contribution is 0.666. The highest BCUT2D eigenvalue weighted by atomic mass is 15.0. The molecule has 1 unspecified atom stereocenters. The lowest BCUT2D eigenvalue weighted by Crippen LogP contribution is -2.14. The van der Waals surface area contributed by atoms with Crippen LogP contribution in [0.5, 0.6) is 0 Å². The molecule has 1 saturated heterocycles. The molecule has 2 nitrogen and oxygen atoms in total. The predicted molar refractivity (Wildman–Crippen MR) is 54.5 cm³/mol. The lowest BCUT2D eigenvalue weighted by atomic mass is 10.1. The molecule has 1 aromatic rings. The monoisotopic (exact) mass is 184 g/mol. The van der Waals surface area contributed by atoms with Crippen LogP contribution in [0.25, 0.3) is 0 Å². The van der Waals surface area contributed by atoms with Crippen LogP contribution in [-0.2, 0) is 0 Å². The summed E-state index contributed by atoms with van der Waals surface area (Å²) in [6, 6.07) is 5.86. The molecular formula is C12H12N2. The molecule has 3 rings (SSSR count). The summed E-state index contributed by atoms with van der Waals surface area (Å²) in [5, 5.41) is 3.38. The first-order chi connectivity index (χ1) is 6.89. The Morgan fingerprint density at radius 2 is 2.50 bits per heavy atom. The topological polar surface area (TPSA) is 24.9 Å². The Morgan fingerprint density at radius 1 is 1.50 bits per heavy atom. The summed E-state index contributed by atoms with van der Waals surface area (Å²) in [5.74, 6) is 7.35. The molecule has 70 valence electrons. The van der Waals surface area contributed by atoms with Crippen LogP contribution in [0.4, 0.5) is 0 Å². The maximum Gasteiger partial charge on any atom is 0.113 e. The molecule has 1 aliphatic heterocycles. The number of hydrogen-bond acceptors (Lipinski definition) is 2. The number of piperidine rings is 1. The van der Waals surface area contributed by atoms with Crippen molar-refractivity contribution in [1.82, 2.24) is 10.3 Å². The van der Waals surface area contributed by atoms with E-state index in [1.807, 2.05) is 18.2 Å². The van der Waals surface area contributed by atoms with Crippen molar-refractivity contribution in [3.05, 3.63) is 30.1 Å². The first kappa shape index (κ1) is 8.02. The standard InChI is InChI=1S/C12H12N2/c1-2-6-14-11(3-1)4-5-12-7-10(12)8-13-9-12/h1-3,6,10,13H,7-9H2/t10?,12-/m1/s1. The number of aromatic nitrogens is 1. The van der Waals surface area contributed by atoms with Gasteiger partial charge >= 0.3 is 0 Å². The van der Waals surface area contributed by atoms with Crippen molar-refractivity contribution >= 4 is 0 Å². The molecule has 0 radical (unpaired) electrons. The van der Waals surface area contributed by atoms with Gasteiger partial charge in [0, 0.05) is 18.2 Å². The normalized spacial score (nSPS) is 33.0. The van der Waals surface area contributed by atoms with E-state index < -0.39 is 0 Å². The molecule has 2 aliphatic rings. The largest absolute Gasteiger partial charge is 0.315 e. The summed E-state index contributed by atoms with van der Waals surface area (Å²) >= 11 is 0. The maximum absolute atomic E-state index is 4.20. The van der Waals surface area contributed by atoms with E-state index in [1.54, 1.807) is 6.20 Å². The van der Waals surface area contributed by atoms with Gasteiger partial charge in [0.25, 0.3) is 0 Å². The van der Waals surface area contributed by atoms with Gasteiger partial charge in [-0.3, -0.25) is 0 Å². The molecule has 2 heterocycles. The van der Waals surface area contributed by atoms with Crippen molar-refractivity contribution in [1.29, 1.82) is 0 Å². The van der Waals surface area contributed by atoms with Gasteiger partial charge in [0.05, 0.1) is 0 Å². The van der Waals surface area contributed by atoms with E-state index in [0.29, 0.717) is 5.41 Å². The Morgan fingerprint density at radius 3 is 3.14 bits per heavy atom. The Labute approximate surface area is 83.7 Å². The number of nitrogens with zero attached hydrogens (tertiary/aromatic N) is 1. The Balaban J connectivity index is 1.82. The van der Waals surface area contributed by atoms with Gasteiger partial charge in [-0.1, -0.05) is 12.0 Å². The number of nitrogens with one attached hydrogen (secondary N) is 1. The lowest BCUT2D eigenvalue weighted by Gasteiger charge is -1.99. The molecule has 1 aliphatic carbocycles. The second-order valence-electron chi connectivity index (χ2n) is 4.15. The third kappa shape index (κ3) is 1.21. The van der Waals surface area contributed by atoms with Crippen LogP contribution in [-0.4, -0.2) is 18.1 Å². The quantitative estimate of drug-likeness (QED) is 0.609. The molecule has 0 spiro atoms. The zero-order valence-corrected chi connectivity index (χ0v) is 7.96. The number of hydrogen-bond donors (Lipinski definition) is 1. The van der Waals surface area contributed by atoms with Gasteiger partial charge in [-0.15, -0.1) is 0 Å². The van der Waals surface area contributed by atoms with Crippen molar-refractivity contribution < 1.29 is 0 Å². The van der Waals surface area contributed by atoms with E-state index in [2.05, 4.69) is 22.1 Å². The summed E-state index contributed by atoms with van der Waals surface area (Å²) in [4.78, 5) is 4.20. The summed E-state index contributed by atoms with van der Waals surface area (Å²) in [6.07, 6.45) is 3.07. The second kappa shape index (κ2) is 2.83. The van der Waals surface area contributed by atoms with Crippen LogP contribution >= 0.6 is 0 Å². The van der Waals surface area contributed by atoms with Crippen LogP contribution in [0.1, 0.15) is 12.1 Å². The van der Waals surface area contributed by atoms with Gasteiger partial charge < -0.3 is 5.32 Å². The van der Waals surface area contributed by atoms with E-state index in [9.17, 15) is 0 Å².